The third-order valence-electron chi connectivity index (χ3n) is 3.07. The fourth-order valence-corrected chi connectivity index (χ4v) is 3.83. The summed E-state index contributed by atoms with van der Waals surface area (Å²) in [6.07, 6.45) is 0.333. The maximum atomic E-state index is 12.1. The van der Waals surface area contributed by atoms with Gasteiger partial charge in [0.2, 0.25) is 0 Å². The molecule has 0 amide bonds. The summed E-state index contributed by atoms with van der Waals surface area (Å²) in [4.78, 5) is 0.281. The van der Waals surface area contributed by atoms with Gasteiger partial charge in [0.25, 0.3) is 0 Å². The zero-order valence-corrected chi connectivity index (χ0v) is 9.87. The molecule has 1 aliphatic carbocycles. The predicted octanol–water partition coefficient (Wildman–Crippen LogP) is 0.231. The lowest BCUT2D eigenvalue weighted by atomic mass is 10.2. The molecular formula is C11H15NO3S. The maximum absolute atomic E-state index is 12.1. The average Bonchev–Trinajstić information content (AvgIpc) is 2.93. The van der Waals surface area contributed by atoms with E-state index in [4.69, 9.17) is 10.8 Å². The fraction of sp³-hybridized carbons (Fsp3) is 0.455. The largest absolute Gasteiger partial charge is 0.394 e. The van der Waals surface area contributed by atoms with E-state index in [0.717, 1.165) is 5.56 Å². The van der Waals surface area contributed by atoms with Crippen molar-refractivity contribution in [2.45, 2.75) is 29.0 Å². The number of sulfone groups is 1. The zero-order chi connectivity index (χ0) is 12.0. The molecule has 2 atom stereocenters. The molecule has 16 heavy (non-hydrogen) atoms. The van der Waals surface area contributed by atoms with E-state index in [9.17, 15) is 8.42 Å². The van der Waals surface area contributed by atoms with Crippen molar-refractivity contribution in [3.63, 3.8) is 0 Å². The number of benzene rings is 1. The van der Waals surface area contributed by atoms with Crippen molar-refractivity contribution in [3.8, 4) is 0 Å². The summed E-state index contributed by atoms with van der Waals surface area (Å²) >= 11 is 0. The smallest absolute Gasteiger partial charge is 0.183 e. The molecule has 0 unspecified atom stereocenters. The average molecular weight is 241 g/mol. The van der Waals surface area contributed by atoms with E-state index in [2.05, 4.69) is 0 Å². The van der Waals surface area contributed by atoms with Crippen LogP contribution in [0.2, 0.25) is 0 Å². The quantitative estimate of drug-likeness (QED) is 0.794. The normalized spacial score (nSPS) is 29.1. The van der Waals surface area contributed by atoms with Gasteiger partial charge in [-0.3, -0.25) is 0 Å². The molecule has 0 radical (unpaired) electrons. The molecule has 3 N–H and O–H groups in total. The molecule has 0 aromatic heterocycles. The van der Waals surface area contributed by atoms with Crippen LogP contribution in [0.25, 0.3) is 0 Å². The fourth-order valence-electron chi connectivity index (χ4n) is 1.76. The summed E-state index contributed by atoms with van der Waals surface area (Å²) in [5.41, 5.74) is 5.78. The first-order chi connectivity index (χ1) is 7.40. The van der Waals surface area contributed by atoms with Gasteiger partial charge in [0, 0.05) is 0 Å². The van der Waals surface area contributed by atoms with Crippen LogP contribution in [0.5, 0.6) is 0 Å². The van der Waals surface area contributed by atoms with Crippen LogP contribution in [0.3, 0.4) is 0 Å². The lowest BCUT2D eigenvalue weighted by Gasteiger charge is -2.08. The van der Waals surface area contributed by atoms with Crippen LogP contribution in [0.4, 0.5) is 0 Å². The molecule has 1 saturated carbocycles. The molecule has 5 heteroatoms. The van der Waals surface area contributed by atoms with Crippen LogP contribution in [0, 0.1) is 6.92 Å². The molecule has 4 nitrogen and oxygen atoms in total. The highest BCUT2D eigenvalue weighted by Gasteiger charge is 2.58. The second-order valence-corrected chi connectivity index (χ2v) is 6.57. The van der Waals surface area contributed by atoms with Gasteiger partial charge in [-0.05, 0) is 25.5 Å². The standard InChI is InChI=1S/C11H15NO3S/c1-8-2-4-9(5-3-8)16(14,15)10-6-11(10,12)7-13/h2-5,10,13H,6-7,12H2,1H3/t10-,11+/m0/s1. The number of aliphatic hydroxyl groups excluding tert-OH is 1. The molecule has 0 heterocycles. The van der Waals surface area contributed by atoms with E-state index in [1.165, 1.54) is 0 Å². The van der Waals surface area contributed by atoms with E-state index >= 15 is 0 Å². The number of rotatable bonds is 3. The second-order valence-electron chi connectivity index (χ2n) is 4.44. The molecule has 2 rings (SSSR count). The summed E-state index contributed by atoms with van der Waals surface area (Å²) in [6, 6.07) is 6.68. The Morgan fingerprint density at radius 2 is 2.00 bits per heavy atom. The molecule has 0 saturated heterocycles. The van der Waals surface area contributed by atoms with Gasteiger partial charge in [0.15, 0.2) is 9.84 Å². The molecule has 1 aromatic carbocycles. The molecule has 1 aliphatic rings. The van der Waals surface area contributed by atoms with Crippen LogP contribution in [0.15, 0.2) is 29.2 Å². The Bertz CT molecular complexity index is 494. The van der Waals surface area contributed by atoms with E-state index in [0.29, 0.717) is 6.42 Å². The van der Waals surface area contributed by atoms with Gasteiger partial charge in [-0.25, -0.2) is 8.42 Å². The van der Waals surface area contributed by atoms with Crippen molar-refractivity contribution in [3.05, 3.63) is 29.8 Å². The van der Waals surface area contributed by atoms with E-state index in [1.807, 2.05) is 6.92 Å². The highest BCUT2D eigenvalue weighted by atomic mass is 32.2. The number of aliphatic hydroxyl groups is 1. The Morgan fingerprint density at radius 1 is 1.44 bits per heavy atom. The SMILES string of the molecule is Cc1ccc(S(=O)(=O)[C@H]2C[C@@]2(N)CO)cc1. The first kappa shape index (κ1) is 11.6. The third-order valence-corrected chi connectivity index (χ3v) is 5.38. The van der Waals surface area contributed by atoms with Crippen molar-refractivity contribution in [2.75, 3.05) is 6.61 Å². The molecule has 88 valence electrons. The van der Waals surface area contributed by atoms with Gasteiger partial charge < -0.3 is 10.8 Å². The summed E-state index contributed by atoms with van der Waals surface area (Å²) < 4.78 is 24.2. The minimum absolute atomic E-state index is 0.281. The van der Waals surface area contributed by atoms with Gasteiger partial charge in [0.05, 0.1) is 22.3 Å². The van der Waals surface area contributed by atoms with E-state index in [-0.39, 0.29) is 11.5 Å². The monoisotopic (exact) mass is 241 g/mol. The maximum Gasteiger partial charge on any atom is 0.183 e. The van der Waals surface area contributed by atoms with Gasteiger partial charge in [-0.15, -0.1) is 0 Å². The summed E-state index contributed by atoms with van der Waals surface area (Å²) in [7, 11) is -3.39. The van der Waals surface area contributed by atoms with Crippen LogP contribution in [0.1, 0.15) is 12.0 Å². The molecule has 0 spiro atoms. The predicted molar refractivity (Wildman–Crippen MR) is 60.8 cm³/mol. The Labute approximate surface area is 95.0 Å². The minimum Gasteiger partial charge on any atom is -0.394 e. The lowest BCUT2D eigenvalue weighted by Crippen LogP contribution is -2.34. The number of aryl methyl sites for hydroxylation is 1. The molecule has 1 fully saturated rings. The van der Waals surface area contributed by atoms with Crippen LogP contribution in [-0.4, -0.2) is 30.9 Å². The number of nitrogens with two attached hydrogens (primary N) is 1. The Morgan fingerprint density at radius 3 is 2.44 bits per heavy atom. The van der Waals surface area contributed by atoms with Crippen molar-refractivity contribution < 1.29 is 13.5 Å². The summed E-state index contributed by atoms with van der Waals surface area (Å²) in [5, 5.41) is 8.35. The molecule has 0 aliphatic heterocycles. The van der Waals surface area contributed by atoms with Crippen LogP contribution < -0.4 is 5.73 Å². The van der Waals surface area contributed by atoms with Crippen molar-refractivity contribution in [1.82, 2.24) is 0 Å². The Hall–Kier alpha value is -0.910. The summed E-state index contributed by atoms with van der Waals surface area (Å²) in [5.74, 6) is 0. The van der Waals surface area contributed by atoms with Gasteiger partial charge >= 0.3 is 0 Å². The molecular weight excluding hydrogens is 226 g/mol. The second kappa shape index (κ2) is 3.55. The minimum atomic E-state index is -3.39. The molecule has 0 bridgehead atoms. The third kappa shape index (κ3) is 1.75. The first-order valence-corrected chi connectivity index (χ1v) is 6.65. The summed E-state index contributed by atoms with van der Waals surface area (Å²) in [6.45, 7) is 1.61. The van der Waals surface area contributed by atoms with Gasteiger partial charge in [-0.1, -0.05) is 17.7 Å². The van der Waals surface area contributed by atoms with Gasteiger partial charge in [0.1, 0.15) is 0 Å². The van der Waals surface area contributed by atoms with Crippen molar-refractivity contribution in [1.29, 1.82) is 0 Å². The first-order valence-electron chi connectivity index (χ1n) is 5.10. The van der Waals surface area contributed by atoms with Crippen molar-refractivity contribution in [2.24, 2.45) is 5.73 Å². The Kier molecular flexibility index (Phi) is 2.57. The van der Waals surface area contributed by atoms with Crippen molar-refractivity contribution >= 4 is 9.84 Å². The van der Waals surface area contributed by atoms with Gasteiger partial charge in [-0.2, -0.15) is 0 Å². The Balaban J connectivity index is 2.31. The number of hydrogen-bond donors (Lipinski definition) is 2. The lowest BCUT2D eigenvalue weighted by molar-refractivity contribution is 0.257. The highest BCUT2D eigenvalue weighted by molar-refractivity contribution is 7.92. The number of hydrogen-bond acceptors (Lipinski definition) is 4. The topological polar surface area (TPSA) is 80.4 Å². The van der Waals surface area contributed by atoms with Crippen LogP contribution in [-0.2, 0) is 9.84 Å². The van der Waals surface area contributed by atoms with E-state index in [1.54, 1.807) is 24.3 Å². The van der Waals surface area contributed by atoms with Crippen LogP contribution >= 0.6 is 0 Å². The van der Waals surface area contributed by atoms with E-state index < -0.39 is 20.6 Å². The zero-order valence-electron chi connectivity index (χ0n) is 9.05. The molecule has 1 aromatic rings. The highest BCUT2D eigenvalue weighted by Crippen LogP contribution is 2.42.